The smallest absolute Gasteiger partial charge is 0.407 e. The third-order valence-corrected chi connectivity index (χ3v) is 2.40. The van der Waals surface area contributed by atoms with Crippen LogP contribution in [-0.4, -0.2) is 28.9 Å². The first-order valence-corrected chi connectivity index (χ1v) is 6.29. The third-order valence-electron chi connectivity index (χ3n) is 2.40. The number of amides is 1. The minimum absolute atomic E-state index is 0.0412. The van der Waals surface area contributed by atoms with E-state index in [9.17, 15) is 9.90 Å². The van der Waals surface area contributed by atoms with Crippen LogP contribution in [0.4, 0.5) is 4.79 Å². The number of carbonyl (C=O) groups excluding carboxylic acids is 1. The fourth-order valence-electron chi connectivity index (χ4n) is 1.45. The van der Waals surface area contributed by atoms with Crippen molar-refractivity contribution in [2.75, 3.05) is 0 Å². The highest BCUT2D eigenvalue weighted by molar-refractivity contribution is 5.68. The predicted octanol–water partition coefficient (Wildman–Crippen LogP) is 2.70. The monoisotopic (exact) mass is 245 g/mol. The van der Waals surface area contributed by atoms with Gasteiger partial charge in [-0.3, -0.25) is 0 Å². The lowest BCUT2D eigenvalue weighted by Gasteiger charge is -2.26. The van der Waals surface area contributed by atoms with E-state index in [1.807, 2.05) is 34.6 Å². The highest BCUT2D eigenvalue weighted by Gasteiger charge is 2.21. The van der Waals surface area contributed by atoms with E-state index in [4.69, 9.17) is 4.74 Å². The standard InChI is InChI=1S/C13H27NO3/c1-9(2)11(8-7-10(3)15)14-12(16)17-13(4,5)6/h9-11,15H,7-8H2,1-6H3,(H,14,16). The molecule has 0 aliphatic heterocycles. The molecule has 0 aromatic rings. The van der Waals surface area contributed by atoms with E-state index in [-0.39, 0.29) is 18.2 Å². The van der Waals surface area contributed by atoms with Crippen molar-refractivity contribution in [1.29, 1.82) is 0 Å². The largest absolute Gasteiger partial charge is 0.444 e. The molecule has 0 aliphatic carbocycles. The second-order valence-electron chi connectivity index (χ2n) is 5.92. The summed E-state index contributed by atoms with van der Waals surface area (Å²) in [6, 6.07) is 0.0412. The number of rotatable bonds is 5. The van der Waals surface area contributed by atoms with Crippen LogP contribution < -0.4 is 5.32 Å². The van der Waals surface area contributed by atoms with Crippen LogP contribution in [0.15, 0.2) is 0 Å². The first-order chi connectivity index (χ1) is 7.61. The molecule has 0 saturated carbocycles. The minimum Gasteiger partial charge on any atom is -0.444 e. The Balaban J connectivity index is 4.21. The number of carbonyl (C=O) groups is 1. The van der Waals surface area contributed by atoms with Crippen LogP contribution in [0.25, 0.3) is 0 Å². The summed E-state index contributed by atoms with van der Waals surface area (Å²) in [7, 11) is 0. The van der Waals surface area contributed by atoms with Crippen LogP contribution in [-0.2, 0) is 4.74 Å². The lowest BCUT2D eigenvalue weighted by atomic mass is 9.98. The summed E-state index contributed by atoms with van der Waals surface area (Å²) in [5.74, 6) is 0.321. The molecule has 17 heavy (non-hydrogen) atoms. The van der Waals surface area contributed by atoms with Gasteiger partial charge in [-0.1, -0.05) is 13.8 Å². The summed E-state index contributed by atoms with van der Waals surface area (Å²) >= 11 is 0. The SMILES string of the molecule is CC(O)CCC(NC(=O)OC(C)(C)C)C(C)C. The highest BCUT2D eigenvalue weighted by Crippen LogP contribution is 2.12. The highest BCUT2D eigenvalue weighted by atomic mass is 16.6. The molecule has 0 saturated heterocycles. The number of ether oxygens (including phenoxy) is 1. The van der Waals surface area contributed by atoms with E-state index in [0.717, 1.165) is 6.42 Å². The maximum absolute atomic E-state index is 11.6. The molecule has 0 spiro atoms. The molecule has 2 N–H and O–H groups in total. The van der Waals surface area contributed by atoms with Gasteiger partial charge in [0.2, 0.25) is 0 Å². The first-order valence-electron chi connectivity index (χ1n) is 6.29. The number of alkyl carbamates (subject to hydrolysis) is 1. The van der Waals surface area contributed by atoms with Gasteiger partial charge in [-0.25, -0.2) is 4.79 Å². The van der Waals surface area contributed by atoms with Crippen LogP contribution >= 0.6 is 0 Å². The summed E-state index contributed by atoms with van der Waals surface area (Å²) in [5.41, 5.74) is -0.476. The molecule has 4 nitrogen and oxygen atoms in total. The lowest BCUT2D eigenvalue weighted by Crippen LogP contribution is -2.42. The molecule has 4 heteroatoms. The van der Waals surface area contributed by atoms with Crippen molar-refractivity contribution in [2.24, 2.45) is 5.92 Å². The van der Waals surface area contributed by atoms with Gasteiger partial charge in [0.25, 0.3) is 0 Å². The van der Waals surface area contributed by atoms with Crippen molar-refractivity contribution in [1.82, 2.24) is 5.32 Å². The van der Waals surface area contributed by atoms with Crippen molar-refractivity contribution < 1.29 is 14.6 Å². The van der Waals surface area contributed by atoms with E-state index in [2.05, 4.69) is 5.32 Å². The van der Waals surface area contributed by atoms with E-state index in [1.165, 1.54) is 0 Å². The predicted molar refractivity (Wildman–Crippen MR) is 68.9 cm³/mol. The summed E-state index contributed by atoms with van der Waals surface area (Å²) in [6.45, 7) is 11.4. The van der Waals surface area contributed by atoms with Crippen LogP contribution in [0.2, 0.25) is 0 Å². The third kappa shape index (κ3) is 8.98. The summed E-state index contributed by atoms with van der Waals surface area (Å²) in [4.78, 5) is 11.6. The zero-order valence-electron chi connectivity index (χ0n) is 11.9. The molecule has 0 radical (unpaired) electrons. The molecule has 0 fully saturated rings. The van der Waals surface area contributed by atoms with Gasteiger partial charge in [0.1, 0.15) is 5.60 Å². The van der Waals surface area contributed by atoms with Crippen LogP contribution in [0, 0.1) is 5.92 Å². The van der Waals surface area contributed by atoms with Gasteiger partial charge < -0.3 is 15.2 Å². The normalized spacial score (nSPS) is 15.5. The van der Waals surface area contributed by atoms with Crippen LogP contribution in [0.3, 0.4) is 0 Å². The molecule has 2 unspecified atom stereocenters. The van der Waals surface area contributed by atoms with Gasteiger partial charge in [0.05, 0.1) is 6.10 Å². The fourth-order valence-corrected chi connectivity index (χ4v) is 1.45. The molecule has 0 aliphatic rings. The fraction of sp³-hybridized carbons (Fsp3) is 0.923. The van der Waals surface area contributed by atoms with Crippen molar-refractivity contribution >= 4 is 6.09 Å². The number of hydrogen-bond donors (Lipinski definition) is 2. The van der Waals surface area contributed by atoms with Gasteiger partial charge in [-0.2, -0.15) is 0 Å². The maximum Gasteiger partial charge on any atom is 0.407 e. The molecule has 2 atom stereocenters. The quantitative estimate of drug-likeness (QED) is 0.783. The van der Waals surface area contributed by atoms with Gasteiger partial charge in [-0.05, 0) is 46.5 Å². The minimum atomic E-state index is -0.476. The summed E-state index contributed by atoms with van der Waals surface area (Å²) < 4.78 is 5.21. The van der Waals surface area contributed by atoms with Crippen molar-refractivity contribution in [3.63, 3.8) is 0 Å². The van der Waals surface area contributed by atoms with Gasteiger partial charge >= 0.3 is 6.09 Å². The summed E-state index contributed by atoms with van der Waals surface area (Å²) in [6.07, 6.45) is 0.714. The Morgan fingerprint density at radius 2 is 1.76 bits per heavy atom. The Morgan fingerprint density at radius 3 is 2.12 bits per heavy atom. The zero-order valence-corrected chi connectivity index (χ0v) is 11.9. The second-order valence-corrected chi connectivity index (χ2v) is 5.92. The first kappa shape index (κ1) is 16.2. The molecule has 102 valence electrons. The molecule has 0 rings (SSSR count). The maximum atomic E-state index is 11.6. The van der Waals surface area contributed by atoms with Crippen molar-refractivity contribution in [3.8, 4) is 0 Å². The second kappa shape index (κ2) is 6.84. The molecular formula is C13H27NO3. The molecule has 0 bridgehead atoms. The molecule has 0 heterocycles. The number of nitrogens with one attached hydrogen (secondary N) is 1. The Hall–Kier alpha value is -0.770. The van der Waals surface area contributed by atoms with Crippen molar-refractivity contribution in [3.05, 3.63) is 0 Å². The van der Waals surface area contributed by atoms with Gasteiger partial charge in [0.15, 0.2) is 0 Å². The number of aliphatic hydroxyl groups excluding tert-OH is 1. The topological polar surface area (TPSA) is 58.6 Å². The lowest BCUT2D eigenvalue weighted by molar-refractivity contribution is 0.0480. The van der Waals surface area contributed by atoms with E-state index in [0.29, 0.717) is 12.3 Å². The van der Waals surface area contributed by atoms with E-state index in [1.54, 1.807) is 6.92 Å². The molecule has 1 amide bonds. The molecule has 0 aromatic carbocycles. The van der Waals surface area contributed by atoms with Gasteiger partial charge in [0, 0.05) is 6.04 Å². The Bertz CT molecular complexity index is 231. The summed E-state index contributed by atoms with van der Waals surface area (Å²) in [5, 5.41) is 12.1. The van der Waals surface area contributed by atoms with E-state index < -0.39 is 5.60 Å². The Labute approximate surface area is 105 Å². The molecular weight excluding hydrogens is 218 g/mol. The number of hydrogen-bond acceptors (Lipinski definition) is 3. The molecule has 0 aromatic heterocycles. The van der Waals surface area contributed by atoms with Crippen molar-refractivity contribution in [2.45, 2.75) is 72.1 Å². The van der Waals surface area contributed by atoms with Crippen LogP contribution in [0.5, 0.6) is 0 Å². The zero-order chi connectivity index (χ0) is 13.6. The average molecular weight is 245 g/mol. The average Bonchev–Trinajstić information content (AvgIpc) is 2.08. The van der Waals surface area contributed by atoms with Crippen LogP contribution in [0.1, 0.15) is 54.4 Å². The Kier molecular flexibility index (Phi) is 6.53. The number of aliphatic hydroxyl groups is 1. The van der Waals surface area contributed by atoms with E-state index >= 15 is 0 Å². The Morgan fingerprint density at radius 1 is 1.24 bits per heavy atom. The van der Waals surface area contributed by atoms with Gasteiger partial charge in [-0.15, -0.1) is 0 Å².